The summed E-state index contributed by atoms with van der Waals surface area (Å²) in [6, 6.07) is 2.93. The van der Waals surface area contributed by atoms with Crippen molar-refractivity contribution in [3.05, 3.63) is 59.0 Å². The molecule has 3 aromatic rings. The van der Waals surface area contributed by atoms with Crippen LogP contribution in [0.3, 0.4) is 0 Å². The van der Waals surface area contributed by atoms with Crippen LogP contribution in [0.4, 0.5) is 8.78 Å². The zero-order valence-electron chi connectivity index (χ0n) is 17.1. The van der Waals surface area contributed by atoms with Gasteiger partial charge in [0.05, 0.1) is 28.2 Å². The largest absolute Gasteiger partial charge is 0.272 e. The first-order valence-electron chi connectivity index (χ1n) is 10.7. The number of rotatable bonds is 4. The van der Waals surface area contributed by atoms with Crippen molar-refractivity contribution in [2.45, 2.75) is 38.3 Å². The lowest BCUT2D eigenvalue weighted by atomic mass is 9.68. The molecule has 2 bridgehead atoms. The van der Waals surface area contributed by atoms with E-state index >= 15 is 0 Å². The van der Waals surface area contributed by atoms with Gasteiger partial charge in [-0.2, -0.15) is 10.2 Å². The molecule has 3 saturated carbocycles. The van der Waals surface area contributed by atoms with E-state index in [1.807, 2.05) is 4.68 Å². The molecule has 6 nitrogen and oxygen atoms in total. The average molecular weight is 456 g/mol. The highest BCUT2D eigenvalue weighted by Crippen LogP contribution is 2.63. The predicted octanol–water partition coefficient (Wildman–Crippen LogP) is 4.74. The standard InChI is InChI=1S/C23H20ClF2N5O/c24-19-11-27-9-16-10-29-30(21(16)19)12-15-8-23(6-14(15)7-23)22(32)31-20(1-2-28-31)13-3-17(25)5-18(26)4-13/h2-5,9-11,14-15,20H,1,6-8,12H2/t14?,15-,20?,23?/m0/s1. The van der Waals surface area contributed by atoms with Crippen LogP contribution in [0.1, 0.15) is 37.3 Å². The molecule has 164 valence electrons. The van der Waals surface area contributed by atoms with Gasteiger partial charge in [0.1, 0.15) is 11.6 Å². The number of carbonyl (C=O) groups is 1. The van der Waals surface area contributed by atoms with Gasteiger partial charge in [0.15, 0.2) is 0 Å². The third-order valence-corrected chi connectivity index (χ3v) is 7.57. The van der Waals surface area contributed by atoms with E-state index in [4.69, 9.17) is 11.6 Å². The third kappa shape index (κ3) is 2.96. The molecule has 0 radical (unpaired) electrons. The fourth-order valence-electron chi connectivity index (χ4n) is 5.85. The van der Waals surface area contributed by atoms with Crippen molar-refractivity contribution >= 4 is 34.6 Å². The Bertz CT molecular complexity index is 1250. The molecule has 3 fully saturated rings. The Hall–Kier alpha value is -2.87. The number of benzene rings is 1. The molecule has 4 aliphatic rings. The quantitative estimate of drug-likeness (QED) is 0.571. The predicted molar refractivity (Wildman–Crippen MR) is 115 cm³/mol. The number of halogens is 3. The van der Waals surface area contributed by atoms with E-state index in [1.165, 1.54) is 17.1 Å². The molecule has 1 amide bonds. The monoisotopic (exact) mass is 455 g/mol. The molecule has 3 heterocycles. The average Bonchev–Trinajstić information content (AvgIpc) is 3.49. The van der Waals surface area contributed by atoms with Gasteiger partial charge in [-0.3, -0.25) is 14.5 Å². The maximum Gasteiger partial charge on any atom is 0.249 e. The summed E-state index contributed by atoms with van der Waals surface area (Å²) in [4.78, 5) is 17.7. The number of hydrazone groups is 1. The second kappa shape index (κ2) is 7.07. The lowest BCUT2D eigenvalue weighted by Crippen LogP contribution is -2.45. The molecule has 2 aromatic heterocycles. The second-order valence-corrected chi connectivity index (χ2v) is 9.61. The van der Waals surface area contributed by atoms with Gasteiger partial charge in [-0.1, -0.05) is 11.6 Å². The Morgan fingerprint density at radius 3 is 2.69 bits per heavy atom. The van der Waals surface area contributed by atoms with E-state index in [0.717, 1.165) is 36.2 Å². The summed E-state index contributed by atoms with van der Waals surface area (Å²) in [7, 11) is 0. The summed E-state index contributed by atoms with van der Waals surface area (Å²) in [5.74, 6) is -0.601. The maximum absolute atomic E-state index is 13.8. The minimum atomic E-state index is -0.651. The Kier molecular flexibility index (Phi) is 4.37. The van der Waals surface area contributed by atoms with Crippen molar-refractivity contribution in [1.82, 2.24) is 19.8 Å². The van der Waals surface area contributed by atoms with E-state index in [9.17, 15) is 13.6 Å². The van der Waals surface area contributed by atoms with Crippen LogP contribution >= 0.6 is 11.6 Å². The number of hydrogen-bond donors (Lipinski definition) is 0. The summed E-state index contributed by atoms with van der Waals surface area (Å²) in [6.45, 7) is 0.689. The van der Waals surface area contributed by atoms with Gasteiger partial charge >= 0.3 is 0 Å². The number of aromatic nitrogens is 3. The van der Waals surface area contributed by atoms with Crippen molar-refractivity contribution in [3.8, 4) is 0 Å². The molecule has 7 rings (SSSR count). The molecule has 2 atom stereocenters. The first-order valence-corrected chi connectivity index (χ1v) is 11.1. The number of fused-ring (bicyclic) bond motifs is 2. The van der Waals surface area contributed by atoms with E-state index in [2.05, 4.69) is 15.2 Å². The molecule has 1 aliphatic heterocycles. The van der Waals surface area contributed by atoms with Gasteiger partial charge in [0.2, 0.25) is 5.91 Å². The number of pyridine rings is 1. The van der Waals surface area contributed by atoms with Gasteiger partial charge in [0.25, 0.3) is 0 Å². The lowest BCUT2D eigenvalue weighted by Gasteiger charge is -2.40. The first kappa shape index (κ1) is 19.8. The SMILES string of the molecule is O=C(N1N=CCC1c1cc(F)cc(F)c1)C12CC(C1)[C@H](Cn1ncc3cncc(Cl)c31)C2. The summed E-state index contributed by atoms with van der Waals surface area (Å²) < 4.78 is 29.4. The van der Waals surface area contributed by atoms with Crippen LogP contribution in [0.5, 0.6) is 0 Å². The van der Waals surface area contributed by atoms with Crippen LogP contribution in [0.15, 0.2) is 41.9 Å². The highest BCUT2D eigenvalue weighted by molar-refractivity contribution is 6.34. The fraction of sp³-hybridized carbons (Fsp3) is 0.391. The maximum atomic E-state index is 13.8. The third-order valence-electron chi connectivity index (χ3n) is 7.29. The highest BCUT2D eigenvalue weighted by Gasteiger charge is 2.62. The fourth-order valence-corrected chi connectivity index (χ4v) is 6.11. The second-order valence-electron chi connectivity index (χ2n) is 9.20. The topological polar surface area (TPSA) is 63.4 Å². The minimum Gasteiger partial charge on any atom is -0.272 e. The summed E-state index contributed by atoms with van der Waals surface area (Å²) in [5, 5.41) is 11.7. The van der Waals surface area contributed by atoms with Gasteiger partial charge in [-0.15, -0.1) is 0 Å². The molecular formula is C23H20ClF2N5O. The summed E-state index contributed by atoms with van der Waals surface area (Å²) in [6.07, 6.45) is 9.57. The Morgan fingerprint density at radius 2 is 1.91 bits per heavy atom. The summed E-state index contributed by atoms with van der Waals surface area (Å²) >= 11 is 6.34. The van der Waals surface area contributed by atoms with Gasteiger partial charge < -0.3 is 0 Å². The molecule has 0 N–H and O–H groups in total. The van der Waals surface area contributed by atoms with E-state index in [0.29, 0.717) is 35.4 Å². The van der Waals surface area contributed by atoms with Gasteiger partial charge in [-0.05, 0) is 48.8 Å². The van der Waals surface area contributed by atoms with Crippen LogP contribution in [-0.4, -0.2) is 31.9 Å². The molecule has 0 saturated heterocycles. The molecule has 0 spiro atoms. The highest BCUT2D eigenvalue weighted by atomic mass is 35.5. The molecular weight excluding hydrogens is 436 g/mol. The van der Waals surface area contributed by atoms with Gasteiger partial charge in [0, 0.05) is 43.0 Å². The molecule has 3 aliphatic carbocycles. The molecule has 32 heavy (non-hydrogen) atoms. The van der Waals surface area contributed by atoms with Crippen LogP contribution in [0, 0.1) is 28.9 Å². The van der Waals surface area contributed by atoms with Gasteiger partial charge in [-0.25, -0.2) is 13.8 Å². The van der Waals surface area contributed by atoms with E-state index < -0.39 is 23.1 Å². The van der Waals surface area contributed by atoms with Crippen molar-refractivity contribution in [3.63, 3.8) is 0 Å². The van der Waals surface area contributed by atoms with Crippen LogP contribution in [0.25, 0.3) is 10.9 Å². The van der Waals surface area contributed by atoms with Crippen molar-refractivity contribution in [2.75, 3.05) is 0 Å². The van der Waals surface area contributed by atoms with Crippen LogP contribution < -0.4 is 0 Å². The number of nitrogens with zero attached hydrogens (tertiary/aromatic N) is 5. The number of hydrogen-bond acceptors (Lipinski definition) is 4. The summed E-state index contributed by atoms with van der Waals surface area (Å²) in [5.41, 5.74) is 0.833. The molecule has 9 heteroatoms. The molecule has 1 aromatic carbocycles. The zero-order valence-corrected chi connectivity index (χ0v) is 17.8. The van der Waals surface area contributed by atoms with E-state index in [1.54, 1.807) is 24.8 Å². The number of amides is 1. The number of carbonyl (C=O) groups excluding carboxylic acids is 1. The minimum absolute atomic E-state index is 0.0489. The van der Waals surface area contributed by atoms with E-state index in [-0.39, 0.29) is 5.91 Å². The Morgan fingerprint density at radius 1 is 1.12 bits per heavy atom. The zero-order chi connectivity index (χ0) is 22.0. The van der Waals surface area contributed by atoms with Crippen LogP contribution in [-0.2, 0) is 11.3 Å². The molecule has 1 unspecified atom stereocenters. The Balaban J connectivity index is 1.22. The van der Waals surface area contributed by atoms with Crippen molar-refractivity contribution in [2.24, 2.45) is 22.4 Å². The normalized spacial score (nSPS) is 28.5. The first-order chi connectivity index (χ1) is 15.4. The van der Waals surface area contributed by atoms with Crippen molar-refractivity contribution < 1.29 is 13.6 Å². The van der Waals surface area contributed by atoms with Crippen molar-refractivity contribution in [1.29, 1.82) is 0 Å². The lowest BCUT2D eigenvalue weighted by molar-refractivity contribution is -0.148. The Labute approximate surface area is 187 Å². The van der Waals surface area contributed by atoms with Crippen LogP contribution in [0.2, 0.25) is 5.02 Å². The smallest absolute Gasteiger partial charge is 0.249 e.